The second-order valence-corrected chi connectivity index (χ2v) is 10.5. The highest BCUT2D eigenvalue weighted by atomic mass is 32.2. The Morgan fingerprint density at radius 1 is 1.09 bits per heavy atom. The lowest BCUT2D eigenvalue weighted by Crippen LogP contribution is -2.55. The summed E-state index contributed by atoms with van der Waals surface area (Å²) in [7, 11) is -4.08. The maximum atomic E-state index is 13.7. The number of benzene rings is 2. The van der Waals surface area contributed by atoms with Gasteiger partial charge >= 0.3 is 5.97 Å². The molecule has 2 amide bonds. The molecule has 0 spiro atoms. The molecule has 2 aromatic rings. The maximum Gasteiger partial charge on any atom is 0.308 e. The van der Waals surface area contributed by atoms with Crippen molar-refractivity contribution in [2.45, 2.75) is 63.9 Å². The number of aryl methyl sites for hydroxylation is 1. The molecule has 8 nitrogen and oxygen atoms in total. The molecule has 0 aliphatic carbocycles. The van der Waals surface area contributed by atoms with Gasteiger partial charge < -0.3 is 4.74 Å². The van der Waals surface area contributed by atoms with Crippen LogP contribution in [0, 0.1) is 6.92 Å². The van der Waals surface area contributed by atoms with Gasteiger partial charge in [0.15, 0.2) is 0 Å². The molecule has 0 N–H and O–H groups in total. The highest BCUT2D eigenvalue weighted by Gasteiger charge is 2.51. The topological polar surface area (TPSA) is 101 Å². The zero-order valence-corrected chi connectivity index (χ0v) is 20.2. The third-order valence-corrected chi connectivity index (χ3v) is 7.94. The van der Waals surface area contributed by atoms with Crippen molar-refractivity contribution in [1.82, 2.24) is 4.31 Å². The summed E-state index contributed by atoms with van der Waals surface area (Å²) >= 11 is 0. The van der Waals surface area contributed by atoms with Crippen molar-refractivity contribution < 1.29 is 27.5 Å². The second-order valence-electron chi connectivity index (χ2n) is 8.65. The first-order chi connectivity index (χ1) is 15.4. The monoisotopic (exact) mass is 472 g/mol. The molecule has 1 heterocycles. The van der Waals surface area contributed by atoms with Gasteiger partial charge in [0.05, 0.1) is 17.0 Å². The smallest absolute Gasteiger partial charge is 0.308 e. The minimum absolute atomic E-state index is 0.0686. The number of hydrogen-bond donors (Lipinski definition) is 0. The zero-order valence-electron chi connectivity index (χ0n) is 19.4. The van der Waals surface area contributed by atoms with Crippen molar-refractivity contribution in [3.8, 4) is 5.75 Å². The van der Waals surface area contributed by atoms with E-state index in [4.69, 9.17) is 4.74 Å². The molecule has 9 heteroatoms. The Balaban J connectivity index is 2.01. The number of rotatable bonds is 7. The Hall–Kier alpha value is -3.04. The number of nitrogens with zero attached hydrogens (tertiary/aromatic N) is 2. The molecule has 3 rings (SSSR count). The van der Waals surface area contributed by atoms with Gasteiger partial charge in [-0.3, -0.25) is 14.4 Å². The maximum absolute atomic E-state index is 13.7. The average molecular weight is 473 g/mol. The third-order valence-electron chi connectivity index (χ3n) is 5.80. The van der Waals surface area contributed by atoms with Crippen LogP contribution in [0.15, 0.2) is 53.4 Å². The van der Waals surface area contributed by atoms with Crippen molar-refractivity contribution in [2.24, 2.45) is 0 Å². The lowest BCUT2D eigenvalue weighted by atomic mass is 10.00. The van der Waals surface area contributed by atoms with Crippen molar-refractivity contribution in [1.29, 1.82) is 0 Å². The summed E-state index contributed by atoms with van der Waals surface area (Å²) in [6.07, 6.45) is 0.173. The van der Waals surface area contributed by atoms with Gasteiger partial charge in [-0.15, -0.1) is 0 Å². The van der Waals surface area contributed by atoms with Gasteiger partial charge in [-0.05, 0) is 63.6 Å². The van der Waals surface area contributed by atoms with Crippen molar-refractivity contribution in [3.63, 3.8) is 0 Å². The van der Waals surface area contributed by atoms with E-state index in [9.17, 15) is 22.8 Å². The first-order valence-corrected chi connectivity index (χ1v) is 12.1. The molecule has 0 radical (unpaired) electrons. The molecule has 0 saturated carbocycles. The van der Waals surface area contributed by atoms with E-state index in [2.05, 4.69) is 0 Å². The van der Waals surface area contributed by atoms with Crippen molar-refractivity contribution in [3.05, 3.63) is 54.1 Å². The molecule has 1 aliphatic rings. The quantitative estimate of drug-likeness (QED) is 0.348. The molecule has 1 atom stereocenters. The Morgan fingerprint density at radius 2 is 1.67 bits per heavy atom. The molecule has 2 aromatic carbocycles. The van der Waals surface area contributed by atoms with E-state index >= 15 is 0 Å². The lowest BCUT2D eigenvalue weighted by Gasteiger charge is -2.39. The van der Waals surface area contributed by atoms with Crippen LogP contribution in [0.25, 0.3) is 0 Å². The van der Waals surface area contributed by atoms with E-state index in [0.29, 0.717) is 6.42 Å². The molecule has 1 fully saturated rings. The highest BCUT2D eigenvalue weighted by molar-refractivity contribution is 7.89. The normalized spacial score (nSPS) is 17.0. The molecule has 1 unspecified atom stereocenters. The first-order valence-electron chi connectivity index (χ1n) is 10.6. The molecule has 33 heavy (non-hydrogen) atoms. The van der Waals surface area contributed by atoms with E-state index in [-0.39, 0.29) is 22.8 Å². The number of amides is 2. The molecule has 1 saturated heterocycles. The summed E-state index contributed by atoms with van der Waals surface area (Å²) in [5, 5.41) is 0. The van der Waals surface area contributed by atoms with Crippen LogP contribution in [0.4, 0.5) is 5.69 Å². The fourth-order valence-corrected chi connectivity index (χ4v) is 5.78. The van der Waals surface area contributed by atoms with Crippen molar-refractivity contribution >= 4 is 33.5 Å². The first kappa shape index (κ1) is 24.6. The van der Waals surface area contributed by atoms with Crippen LogP contribution in [0.3, 0.4) is 0 Å². The summed E-state index contributed by atoms with van der Waals surface area (Å²) in [5.74, 6) is -1.33. The Kier molecular flexibility index (Phi) is 6.76. The highest BCUT2D eigenvalue weighted by Crippen LogP contribution is 2.36. The molecule has 0 bridgehead atoms. The number of anilines is 1. The SMILES string of the molecule is CCC(C)(C)N(C1CC(=O)N(c2ccc(OC(C)=O)cc2)C1=O)S(=O)(=O)c1ccc(C)cc1. The van der Waals surface area contributed by atoms with E-state index in [0.717, 1.165) is 10.5 Å². The summed E-state index contributed by atoms with van der Waals surface area (Å²) in [6, 6.07) is 11.2. The van der Waals surface area contributed by atoms with Crippen LogP contribution in [-0.4, -0.2) is 42.1 Å². The van der Waals surface area contributed by atoms with Crippen LogP contribution in [0.2, 0.25) is 0 Å². The van der Waals surface area contributed by atoms with Crippen molar-refractivity contribution in [2.75, 3.05) is 4.90 Å². The number of ether oxygens (including phenoxy) is 1. The van der Waals surface area contributed by atoms with E-state index in [1.54, 1.807) is 26.0 Å². The number of carbonyl (C=O) groups is 3. The van der Waals surface area contributed by atoms with Crippen LogP contribution in [-0.2, 0) is 24.4 Å². The average Bonchev–Trinajstić information content (AvgIpc) is 3.01. The molecule has 1 aliphatic heterocycles. The second kappa shape index (κ2) is 9.07. The van der Waals surface area contributed by atoms with Crippen LogP contribution in [0.1, 0.15) is 46.1 Å². The lowest BCUT2D eigenvalue weighted by molar-refractivity contribution is -0.132. The van der Waals surface area contributed by atoms with Gasteiger partial charge in [-0.25, -0.2) is 13.3 Å². The fraction of sp³-hybridized carbons (Fsp3) is 0.375. The van der Waals surface area contributed by atoms with E-state index < -0.39 is 39.4 Å². The number of sulfonamides is 1. The van der Waals surface area contributed by atoms with Crippen LogP contribution >= 0.6 is 0 Å². The van der Waals surface area contributed by atoms with E-state index in [1.807, 2.05) is 13.8 Å². The van der Waals surface area contributed by atoms with Gasteiger partial charge in [0.1, 0.15) is 11.8 Å². The minimum Gasteiger partial charge on any atom is -0.427 e. The third kappa shape index (κ3) is 4.84. The standard InChI is InChI=1S/C24H28N2O6S/c1-6-24(4,5)26(33(30,31)20-13-7-16(2)8-14-20)21-15-22(28)25(23(21)29)18-9-11-19(12-10-18)32-17(3)27/h7-14,21H,6,15H2,1-5H3. The summed E-state index contributed by atoms with van der Waals surface area (Å²) < 4.78 is 33.5. The number of hydrogen-bond acceptors (Lipinski definition) is 6. The molecular formula is C24H28N2O6S. The summed E-state index contributed by atoms with van der Waals surface area (Å²) in [5.41, 5.74) is 0.274. The predicted octanol–water partition coefficient (Wildman–Crippen LogP) is 3.43. The summed E-state index contributed by atoms with van der Waals surface area (Å²) in [4.78, 5) is 38.5. The van der Waals surface area contributed by atoms with E-state index in [1.165, 1.54) is 47.6 Å². The molecule has 176 valence electrons. The zero-order chi connectivity index (χ0) is 24.6. The number of imide groups is 1. The Morgan fingerprint density at radius 3 is 2.18 bits per heavy atom. The van der Waals surface area contributed by atoms with Crippen LogP contribution in [0.5, 0.6) is 5.75 Å². The minimum atomic E-state index is -4.08. The molecule has 0 aromatic heterocycles. The number of carbonyl (C=O) groups excluding carboxylic acids is 3. The Labute approximate surface area is 194 Å². The van der Waals surface area contributed by atoms with Gasteiger partial charge in [-0.1, -0.05) is 24.6 Å². The fourth-order valence-electron chi connectivity index (χ4n) is 3.79. The van der Waals surface area contributed by atoms with Crippen LogP contribution < -0.4 is 9.64 Å². The largest absolute Gasteiger partial charge is 0.427 e. The predicted molar refractivity (Wildman–Crippen MR) is 123 cm³/mol. The number of esters is 1. The summed E-state index contributed by atoms with van der Waals surface area (Å²) in [6.45, 7) is 8.45. The van der Waals surface area contributed by atoms with Gasteiger partial charge in [-0.2, -0.15) is 4.31 Å². The van der Waals surface area contributed by atoms with Gasteiger partial charge in [0, 0.05) is 12.5 Å². The molecular weight excluding hydrogens is 444 g/mol. The van der Waals surface area contributed by atoms with Gasteiger partial charge in [0.25, 0.3) is 5.91 Å². The Bertz CT molecular complexity index is 1170. The van der Waals surface area contributed by atoms with Gasteiger partial charge in [0.2, 0.25) is 15.9 Å².